The van der Waals surface area contributed by atoms with Crippen LogP contribution in [0.4, 0.5) is 0 Å². The third-order valence-electron chi connectivity index (χ3n) is 2.40. The fourth-order valence-corrected chi connectivity index (χ4v) is 1.66. The normalized spacial score (nSPS) is 22.5. The summed E-state index contributed by atoms with van der Waals surface area (Å²) in [6.07, 6.45) is 2.47. The van der Waals surface area contributed by atoms with Gasteiger partial charge in [-0.2, -0.15) is 4.80 Å². The van der Waals surface area contributed by atoms with E-state index in [1.165, 1.54) is 17.6 Å². The highest BCUT2D eigenvalue weighted by molar-refractivity contribution is 4.80. The van der Waals surface area contributed by atoms with Crippen LogP contribution in [-0.4, -0.2) is 39.3 Å². The Hall–Kier alpha value is -1.01. The number of nitrogens with one attached hydrogen (secondary N) is 2. The van der Waals surface area contributed by atoms with Gasteiger partial charge in [0.25, 0.3) is 0 Å². The molecule has 0 radical (unpaired) electrons. The maximum Gasteiger partial charge on any atom is 0.188 e. The van der Waals surface area contributed by atoms with Gasteiger partial charge in [-0.25, -0.2) is 0 Å². The van der Waals surface area contributed by atoms with Crippen molar-refractivity contribution >= 4 is 0 Å². The van der Waals surface area contributed by atoms with Crippen LogP contribution >= 0.6 is 0 Å². The number of hydrogen-bond acceptors (Lipinski definition) is 5. The molecule has 1 aliphatic rings. The Morgan fingerprint density at radius 3 is 3.21 bits per heavy atom. The van der Waals surface area contributed by atoms with E-state index in [2.05, 4.69) is 26.0 Å². The highest BCUT2D eigenvalue weighted by atomic mass is 15.6. The first-order valence-corrected chi connectivity index (χ1v) is 5.01. The molecule has 1 fully saturated rings. The summed E-state index contributed by atoms with van der Waals surface area (Å²) in [5, 5.41) is 18.6. The molecule has 1 saturated heterocycles. The summed E-state index contributed by atoms with van der Waals surface area (Å²) in [5.74, 6) is 0.762. The van der Waals surface area contributed by atoms with E-state index in [4.69, 9.17) is 0 Å². The van der Waals surface area contributed by atoms with Crippen molar-refractivity contribution in [2.45, 2.75) is 25.4 Å². The minimum atomic E-state index is 0.549. The second kappa shape index (κ2) is 4.47. The van der Waals surface area contributed by atoms with Crippen molar-refractivity contribution in [2.75, 3.05) is 13.1 Å². The average molecular weight is 196 g/mol. The van der Waals surface area contributed by atoms with Gasteiger partial charge >= 0.3 is 0 Å². The van der Waals surface area contributed by atoms with Gasteiger partial charge in [-0.05, 0) is 24.6 Å². The predicted molar refractivity (Wildman–Crippen MR) is 51.5 cm³/mol. The molecular weight excluding hydrogens is 180 g/mol. The van der Waals surface area contributed by atoms with Crippen molar-refractivity contribution in [1.82, 2.24) is 30.8 Å². The molecule has 6 heteroatoms. The molecule has 2 rings (SSSR count). The van der Waals surface area contributed by atoms with Gasteiger partial charge < -0.3 is 10.6 Å². The van der Waals surface area contributed by atoms with Crippen molar-refractivity contribution in [3.63, 3.8) is 0 Å². The molecule has 0 saturated carbocycles. The maximum absolute atomic E-state index is 4.11. The molecular formula is C8H16N6. The molecule has 1 aromatic rings. The van der Waals surface area contributed by atoms with E-state index in [1.54, 1.807) is 7.05 Å². The summed E-state index contributed by atoms with van der Waals surface area (Å²) in [7, 11) is 1.78. The molecule has 0 amide bonds. The van der Waals surface area contributed by atoms with Gasteiger partial charge in [0, 0.05) is 12.6 Å². The van der Waals surface area contributed by atoms with Crippen molar-refractivity contribution in [3.05, 3.63) is 5.82 Å². The zero-order valence-corrected chi connectivity index (χ0v) is 8.40. The molecule has 1 aliphatic heterocycles. The van der Waals surface area contributed by atoms with Crippen molar-refractivity contribution in [3.8, 4) is 0 Å². The van der Waals surface area contributed by atoms with Crippen LogP contribution in [0.15, 0.2) is 0 Å². The number of piperidine rings is 1. The monoisotopic (exact) mass is 196 g/mol. The molecule has 6 nitrogen and oxygen atoms in total. The second-order valence-corrected chi connectivity index (χ2v) is 3.62. The Kier molecular flexibility index (Phi) is 3.05. The zero-order chi connectivity index (χ0) is 9.80. The Morgan fingerprint density at radius 2 is 2.57 bits per heavy atom. The quantitative estimate of drug-likeness (QED) is 0.652. The van der Waals surface area contributed by atoms with E-state index in [1.807, 2.05) is 0 Å². The van der Waals surface area contributed by atoms with Crippen molar-refractivity contribution < 1.29 is 0 Å². The third kappa shape index (κ3) is 2.49. The summed E-state index contributed by atoms with van der Waals surface area (Å²) < 4.78 is 0. The van der Waals surface area contributed by atoms with Gasteiger partial charge in [0.2, 0.25) is 0 Å². The van der Waals surface area contributed by atoms with Gasteiger partial charge in [0.05, 0.1) is 13.6 Å². The maximum atomic E-state index is 4.11. The standard InChI is InChI=1S/C8H16N6/c1-14-12-8(11-13-14)6-10-7-3-2-4-9-5-7/h7,9-10H,2-6H2,1H3. The van der Waals surface area contributed by atoms with Crippen molar-refractivity contribution in [2.24, 2.45) is 7.05 Å². The van der Waals surface area contributed by atoms with Crippen LogP contribution in [0.3, 0.4) is 0 Å². The number of aromatic nitrogens is 4. The Labute approximate surface area is 83.1 Å². The summed E-state index contributed by atoms with van der Waals surface area (Å²) in [6.45, 7) is 2.89. The molecule has 78 valence electrons. The smallest absolute Gasteiger partial charge is 0.188 e. The molecule has 1 aromatic heterocycles. The molecule has 14 heavy (non-hydrogen) atoms. The number of rotatable bonds is 3. The topological polar surface area (TPSA) is 67.7 Å². The molecule has 0 spiro atoms. The summed E-state index contributed by atoms with van der Waals surface area (Å²) in [4.78, 5) is 1.48. The lowest BCUT2D eigenvalue weighted by Crippen LogP contribution is -2.42. The van der Waals surface area contributed by atoms with E-state index in [-0.39, 0.29) is 0 Å². The van der Waals surface area contributed by atoms with Crippen LogP contribution in [0.1, 0.15) is 18.7 Å². The largest absolute Gasteiger partial charge is 0.315 e. The van der Waals surface area contributed by atoms with Gasteiger partial charge in [-0.1, -0.05) is 0 Å². The Bertz CT molecular complexity index is 277. The first-order chi connectivity index (χ1) is 6.84. The lowest BCUT2D eigenvalue weighted by Gasteiger charge is -2.23. The van der Waals surface area contributed by atoms with Crippen LogP contribution in [0.5, 0.6) is 0 Å². The molecule has 1 unspecified atom stereocenters. The fourth-order valence-electron chi connectivity index (χ4n) is 1.66. The molecule has 0 aromatic carbocycles. The fraction of sp³-hybridized carbons (Fsp3) is 0.875. The van der Waals surface area contributed by atoms with Crippen LogP contribution in [0.2, 0.25) is 0 Å². The average Bonchev–Trinajstić information content (AvgIpc) is 2.63. The SMILES string of the molecule is Cn1nnc(CNC2CCCNC2)n1. The predicted octanol–water partition coefficient (Wildman–Crippen LogP) is -0.948. The minimum absolute atomic E-state index is 0.549. The van der Waals surface area contributed by atoms with E-state index in [9.17, 15) is 0 Å². The third-order valence-corrected chi connectivity index (χ3v) is 2.40. The van der Waals surface area contributed by atoms with Gasteiger partial charge in [-0.15, -0.1) is 10.2 Å². The zero-order valence-electron chi connectivity index (χ0n) is 8.40. The molecule has 0 bridgehead atoms. The van der Waals surface area contributed by atoms with E-state index >= 15 is 0 Å². The first-order valence-electron chi connectivity index (χ1n) is 5.01. The molecule has 2 N–H and O–H groups in total. The van der Waals surface area contributed by atoms with Gasteiger partial charge in [0.15, 0.2) is 5.82 Å². The second-order valence-electron chi connectivity index (χ2n) is 3.62. The molecule has 0 aliphatic carbocycles. The van der Waals surface area contributed by atoms with Crippen molar-refractivity contribution in [1.29, 1.82) is 0 Å². The first kappa shape index (κ1) is 9.54. The Morgan fingerprint density at radius 1 is 1.64 bits per heavy atom. The summed E-state index contributed by atoms with van der Waals surface area (Å²) in [5.41, 5.74) is 0. The lowest BCUT2D eigenvalue weighted by molar-refractivity contribution is 0.385. The minimum Gasteiger partial charge on any atom is -0.315 e. The van der Waals surface area contributed by atoms with Crippen LogP contribution in [0, 0.1) is 0 Å². The van der Waals surface area contributed by atoms with E-state index in [0.717, 1.165) is 18.9 Å². The summed E-state index contributed by atoms with van der Waals surface area (Å²) in [6, 6.07) is 0.549. The van der Waals surface area contributed by atoms with Gasteiger partial charge in [0.1, 0.15) is 0 Å². The van der Waals surface area contributed by atoms with Crippen LogP contribution < -0.4 is 10.6 Å². The number of hydrogen-bond donors (Lipinski definition) is 2. The highest BCUT2D eigenvalue weighted by Gasteiger charge is 2.12. The number of nitrogens with zero attached hydrogens (tertiary/aromatic N) is 4. The van der Waals surface area contributed by atoms with E-state index < -0.39 is 0 Å². The number of tetrazole rings is 1. The van der Waals surface area contributed by atoms with E-state index in [0.29, 0.717) is 12.6 Å². The number of aryl methyl sites for hydroxylation is 1. The molecule has 1 atom stereocenters. The molecule has 2 heterocycles. The van der Waals surface area contributed by atoms with Crippen LogP contribution in [-0.2, 0) is 13.6 Å². The Balaban J connectivity index is 1.76. The van der Waals surface area contributed by atoms with Crippen LogP contribution in [0.25, 0.3) is 0 Å². The highest BCUT2D eigenvalue weighted by Crippen LogP contribution is 2.01. The van der Waals surface area contributed by atoms with Gasteiger partial charge in [-0.3, -0.25) is 0 Å². The lowest BCUT2D eigenvalue weighted by atomic mass is 10.1. The summed E-state index contributed by atoms with van der Waals surface area (Å²) >= 11 is 0.